The number of allylic oxidation sites excluding steroid dienone is 2. The number of furan rings is 1. The lowest BCUT2D eigenvalue weighted by molar-refractivity contribution is 0.0862. The smallest absolute Gasteiger partial charge is 0.343 e. The summed E-state index contributed by atoms with van der Waals surface area (Å²) in [5.74, 6) is 1.51. The van der Waals surface area contributed by atoms with Gasteiger partial charge in [0, 0.05) is 18.4 Å². The fourth-order valence-corrected chi connectivity index (χ4v) is 4.09. The Hall–Kier alpha value is -2.95. The summed E-state index contributed by atoms with van der Waals surface area (Å²) < 4.78 is 17.3. The molecule has 0 unspecified atom stereocenters. The molecule has 1 aliphatic heterocycles. The van der Waals surface area contributed by atoms with Gasteiger partial charge in [0.25, 0.3) is 0 Å². The SMILES string of the molecule is C/C(=C\CC[C@@]1(C)Oc2c(c(=O)oc3cc(O)ccc23)[C@@H]1C)Cc1cc(C)co1. The van der Waals surface area contributed by atoms with Crippen LogP contribution in [0.2, 0.25) is 0 Å². The van der Waals surface area contributed by atoms with E-state index < -0.39 is 11.2 Å². The van der Waals surface area contributed by atoms with E-state index in [9.17, 15) is 9.90 Å². The van der Waals surface area contributed by atoms with E-state index in [1.807, 2.05) is 20.8 Å². The normalized spacial score (nSPS) is 21.4. The largest absolute Gasteiger partial charge is 0.508 e. The predicted octanol–water partition coefficient (Wildman–Crippen LogP) is 5.62. The molecule has 5 heteroatoms. The van der Waals surface area contributed by atoms with Crippen molar-refractivity contribution in [1.29, 1.82) is 0 Å². The minimum absolute atomic E-state index is 0.0572. The molecule has 2 aromatic heterocycles. The van der Waals surface area contributed by atoms with Crippen molar-refractivity contribution in [2.45, 2.75) is 58.5 Å². The molecule has 4 rings (SSSR count). The van der Waals surface area contributed by atoms with Gasteiger partial charge in [-0.15, -0.1) is 0 Å². The minimum atomic E-state index is -0.499. The number of hydrogen-bond acceptors (Lipinski definition) is 5. The van der Waals surface area contributed by atoms with Crippen LogP contribution in [0.4, 0.5) is 0 Å². The summed E-state index contributed by atoms with van der Waals surface area (Å²) in [6.45, 7) is 8.17. The van der Waals surface area contributed by atoms with Gasteiger partial charge in [-0.3, -0.25) is 0 Å². The first kappa shape index (κ1) is 19.4. The number of aryl methyl sites for hydroxylation is 1. The Kier molecular flexibility index (Phi) is 4.77. The highest BCUT2D eigenvalue weighted by atomic mass is 16.5. The van der Waals surface area contributed by atoms with Gasteiger partial charge < -0.3 is 18.7 Å². The van der Waals surface area contributed by atoms with Crippen molar-refractivity contribution in [3.63, 3.8) is 0 Å². The highest BCUT2D eigenvalue weighted by Gasteiger charge is 2.44. The molecule has 1 N–H and O–H groups in total. The van der Waals surface area contributed by atoms with E-state index >= 15 is 0 Å². The maximum Gasteiger partial charge on any atom is 0.343 e. The van der Waals surface area contributed by atoms with Crippen molar-refractivity contribution < 1.29 is 18.7 Å². The second-order valence-electron chi connectivity index (χ2n) is 8.31. The standard InChI is InChI=1S/C24H26O5/c1-14(10-18-11-15(2)13-27-18)6-5-9-24(4)16(3)21-22(29-24)19-8-7-17(25)12-20(19)28-23(21)26/h6-8,11-13,16,25H,5,9-10H2,1-4H3/b14-6+/t16-,24+/m0/s1. The number of benzene rings is 1. The van der Waals surface area contributed by atoms with E-state index in [0.29, 0.717) is 22.3 Å². The van der Waals surface area contributed by atoms with Gasteiger partial charge in [-0.2, -0.15) is 0 Å². The topological polar surface area (TPSA) is 72.8 Å². The minimum Gasteiger partial charge on any atom is -0.508 e. The van der Waals surface area contributed by atoms with Gasteiger partial charge in [0.2, 0.25) is 0 Å². The molecular weight excluding hydrogens is 368 g/mol. The third-order valence-electron chi connectivity index (χ3n) is 5.93. The van der Waals surface area contributed by atoms with E-state index in [1.54, 1.807) is 18.4 Å². The van der Waals surface area contributed by atoms with Crippen molar-refractivity contribution >= 4 is 11.0 Å². The van der Waals surface area contributed by atoms with Crippen LogP contribution < -0.4 is 10.4 Å². The van der Waals surface area contributed by atoms with E-state index in [1.165, 1.54) is 11.6 Å². The zero-order valence-corrected chi connectivity index (χ0v) is 17.2. The summed E-state index contributed by atoms with van der Waals surface area (Å²) in [5, 5.41) is 10.4. The van der Waals surface area contributed by atoms with E-state index in [2.05, 4.69) is 19.1 Å². The molecule has 0 saturated carbocycles. The Labute approximate surface area is 169 Å². The fourth-order valence-electron chi connectivity index (χ4n) is 4.09. The molecule has 0 spiro atoms. The molecule has 29 heavy (non-hydrogen) atoms. The van der Waals surface area contributed by atoms with Gasteiger partial charge in [-0.1, -0.05) is 18.6 Å². The molecule has 0 fully saturated rings. The van der Waals surface area contributed by atoms with Crippen LogP contribution in [0.25, 0.3) is 11.0 Å². The van der Waals surface area contributed by atoms with Crippen molar-refractivity contribution in [2.75, 3.05) is 0 Å². The molecule has 1 aromatic carbocycles. The van der Waals surface area contributed by atoms with E-state index in [-0.39, 0.29) is 11.7 Å². The first-order chi connectivity index (χ1) is 13.8. The zero-order valence-electron chi connectivity index (χ0n) is 17.2. The maximum absolute atomic E-state index is 12.6. The first-order valence-electron chi connectivity index (χ1n) is 9.95. The lowest BCUT2D eigenvalue weighted by atomic mass is 9.84. The zero-order chi connectivity index (χ0) is 20.8. The summed E-state index contributed by atoms with van der Waals surface area (Å²) >= 11 is 0. The van der Waals surface area contributed by atoms with Gasteiger partial charge in [0.05, 0.1) is 17.2 Å². The Morgan fingerprint density at radius 3 is 2.83 bits per heavy atom. The highest BCUT2D eigenvalue weighted by molar-refractivity contribution is 5.86. The van der Waals surface area contributed by atoms with E-state index in [4.69, 9.17) is 13.6 Å². The lowest BCUT2D eigenvalue weighted by Gasteiger charge is -2.28. The van der Waals surface area contributed by atoms with Crippen LogP contribution in [0, 0.1) is 6.92 Å². The van der Waals surface area contributed by atoms with Gasteiger partial charge in [-0.25, -0.2) is 4.79 Å². The molecule has 0 bridgehead atoms. The average molecular weight is 394 g/mol. The number of hydrogen-bond donors (Lipinski definition) is 1. The Morgan fingerprint density at radius 2 is 2.10 bits per heavy atom. The second kappa shape index (κ2) is 7.14. The van der Waals surface area contributed by atoms with Gasteiger partial charge in [-0.05, 0) is 57.4 Å². The molecule has 3 heterocycles. The fraction of sp³-hybridized carbons (Fsp3) is 0.375. The molecule has 3 aromatic rings. The third-order valence-corrected chi connectivity index (χ3v) is 5.93. The van der Waals surface area contributed by atoms with Gasteiger partial charge in [0.15, 0.2) is 0 Å². The van der Waals surface area contributed by atoms with E-state index in [0.717, 1.165) is 30.6 Å². The molecule has 5 nitrogen and oxygen atoms in total. The van der Waals surface area contributed by atoms with Crippen molar-refractivity contribution in [3.8, 4) is 11.5 Å². The number of fused-ring (bicyclic) bond motifs is 3. The Morgan fingerprint density at radius 1 is 1.31 bits per heavy atom. The molecule has 0 saturated heterocycles. The number of phenolic OH excluding ortho intramolecular Hbond substituents is 1. The maximum atomic E-state index is 12.6. The van der Waals surface area contributed by atoms with Gasteiger partial charge in [0.1, 0.15) is 28.4 Å². The van der Waals surface area contributed by atoms with Crippen LogP contribution in [0.1, 0.15) is 56.4 Å². The molecule has 152 valence electrons. The van der Waals surface area contributed by atoms with Crippen LogP contribution in [0.3, 0.4) is 0 Å². The summed E-state index contributed by atoms with van der Waals surface area (Å²) in [6, 6.07) is 6.82. The van der Waals surface area contributed by atoms with Crippen LogP contribution >= 0.6 is 0 Å². The van der Waals surface area contributed by atoms with Crippen LogP contribution in [-0.2, 0) is 6.42 Å². The van der Waals surface area contributed by atoms with Crippen molar-refractivity contribution in [1.82, 2.24) is 0 Å². The molecule has 0 radical (unpaired) electrons. The van der Waals surface area contributed by atoms with Crippen molar-refractivity contribution in [2.24, 2.45) is 0 Å². The quantitative estimate of drug-likeness (QED) is 0.449. The number of rotatable bonds is 5. The molecule has 1 aliphatic rings. The molecule has 2 atom stereocenters. The summed E-state index contributed by atoms with van der Waals surface area (Å²) in [4.78, 5) is 12.6. The van der Waals surface area contributed by atoms with Gasteiger partial charge >= 0.3 is 5.63 Å². The van der Waals surface area contributed by atoms with Crippen LogP contribution in [-0.4, -0.2) is 10.7 Å². The first-order valence-corrected chi connectivity index (χ1v) is 9.95. The van der Waals surface area contributed by atoms with Crippen LogP contribution in [0.15, 0.2) is 55.8 Å². The Balaban J connectivity index is 1.53. The second-order valence-corrected chi connectivity index (χ2v) is 8.31. The predicted molar refractivity (Wildman–Crippen MR) is 112 cm³/mol. The number of aromatic hydroxyl groups is 1. The number of phenols is 1. The van der Waals surface area contributed by atoms with Crippen LogP contribution in [0.5, 0.6) is 11.5 Å². The summed E-state index contributed by atoms with van der Waals surface area (Å²) in [6.07, 6.45) is 6.38. The monoisotopic (exact) mass is 394 g/mol. The average Bonchev–Trinajstić information content (AvgIpc) is 3.16. The molecule has 0 amide bonds. The molecule has 0 aliphatic carbocycles. The highest BCUT2D eigenvalue weighted by Crippen LogP contribution is 2.48. The number of ether oxygens (including phenoxy) is 1. The Bertz CT molecular complexity index is 1150. The third kappa shape index (κ3) is 3.57. The molecular formula is C24H26O5. The summed E-state index contributed by atoms with van der Waals surface area (Å²) in [5.41, 5.74) is 2.40. The summed E-state index contributed by atoms with van der Waals surface area (Å²) in [7, 11) is 0. The lowest BCUT2D eigenvalue weighted by Crippen LogP contribution is -2.33. The van der Waals surface area contributed by atoms with Crippen molar-refractivity contribution in [3.05, 3.63) is 69.5 Å².